The van der Waals surface area contributed by atoms with E-state index in [1.165, 1.54) is 12.4 Å². The highest BCUT2D eigenvalue weighted by Crippen LogP contribution is 1.94. The summed E-state index contributed by atoms with van der Waals surface area (Å²) >= 11 is 0. The van der Waals surface area contributed by atoms with Gasteiger partial charge in [-0.25, -0.2) is 5.10 Å². The van der Waals surface area contributed by atoms with Crippen LogP contribution in [-0.4, -0.2) is 21.1 Å². The number of nitrogens with zero attached hydrogens (tertiary/aromatic N) is 2. The van der Waals surface area contributed by atoms with Gasteiger partial charge in [0, 0.05) is 6.08 Å². The van der Waals surface area contributed by atoms with E-state index in [1.54, 1.807) is 0 Å². The van der Waals surface area contributed by atoms with Crippen molar-refractivity contribution in [3.05, 3.63) is 18.0 Å². The van der Waals surface area contributed by atoms with E-state index in [9.17, 15) is 4.79 Å². The first kappa shape index (κ1) is 8.45. The number of aromatic nitrogens is 3. The molecule has 1 amide bonds. The minimum atomic E-state index is -0.202. The highest BCUT2D eigenvalue weighted by atomic mass is 16.1. The zero-order chi connectivity index (χ0) is 8.97. The Balaban J connectivity index is 2.54. The number of rotatable bonds is 2. The molecule has 1 heterocycles. The van der Waals surface area contributed by atoms with E-state index in [0.29, 0.717) is 5.95 Å². The second-order valence-electron chi connectivity index (χ2n) is 2.55. The molecule has 0 fully saturated rings. The van der Waals surface area contributed by atoms with Gasteiger partial charge < -0.3 is 0 Å². The van der Waals surface area contributed by atoms with Crippen LogP contribution in [0.1, 0.15) is 13.8 Å². The van der Waals surface area contributed by atoms with E-state index in [4.69, 9.17) is 0 Å². The molecule has 0 aromatic carbocycles. The van der Waals surface area contributed by atoms with Gasteiger partial charge in [-0.05, 0) is 13.8 Å². The third kappa shape index (κ3) is 2.53. The fourth-order valence-corrected chi connectivity index (χ4v) is 0.681. The van der Waals surface area contributed by atoms with Gasteiger partial charge in [0.05, 0.1) is 0 Å². The van der Waals surface area contributed by atoms with Gasteiger partial charge in [-0.15, -0.1) is 0 Å². The number of hydrogen-bond acceptors (Lipinski definition) is 3. The molecule has 0 saturated heterocycles. The molecule has 1 rings (SSSR count). The van der Waals surface area contributed by atoms with Gasteiger partial charge in [0.1, 0.15) is 6.33 Å². The van der Waals surface area contributed by atoms with Crippen molar-refractivity contribution in [1.82, 2.24) is 15.2 Å². The number of aromatic amines is 1. The van der Waals surface area contributed by atoms with Crippen LogP contribution in [0.4, 0.5) is 5.95 Å². The maximum atomic E-state index is 11.0. The zero-order valence-electron chi connectivity index (χ0n) is 6.96. The molecule has 0 saturated carbocycles. The molecule has 2 N–H and O–H groups in total. The first-order valence-electron chi connectivity index (χ1n) is 3.50. The molecule has 0 atom stereocenters. The highest BCUT2D eigenvalue weighted by Gasteiger charge is 1.98. The molecule has 5 heteroatoms. The average molecular weight is 166 g/mol. The number of amides is 1. The Morgan fingerprint density at radius 1 is 1.67 bits per heavy atom. The summed E-state index contributed by atoms with van der Waals surface area (Å²) in [5, 5.41) is 8.61. The van der Waals surface area contributed by atoms with E-state index >= 15 is 0 Å². The predicted octanol–water partition coefficient (Wildman–Crippen LogP) is 0.709. The number of nitrogens with one attached hydrogen (secondary N) is 2. The Labute approximate surface area is 69.9 Å². The molecule has 1 aromatic rings. The minimum Gasteiger partial charge on any atom is -0.291 e. The lowest BCUT2D eigenvalue weighted by atomic mass is 10.3. The second-order valence-corrected chi connectivity index (χ2v) is 2.55. The smallest absolute Gasteiger partial charge is 0.250 e. The van der Waals surface area contributed by atoms with E-state index < -0.39 is 0 Å². The molecule has 1 aromatic heterocycles. The van der Waals surface area contributed by atoms with Crippen LogP contribution in [0, 0.1) is 0 Å². The van der Waals surface area contributed by atoms with Crippen molar-refractivity contribution in [2.75, 3.05) is 5.32 Å². The summed E-state index contributed by atoms with van der Waals surface area (Å²) in [4.78, 5) is 14.8. The molecule has 5 nitrogen and oxygen atoms in total. The van der Waals surface area contributed by atoms with Crippen molar-refractivity contribution in [3.63, 3.8) is 0 Å². The summed E-state index contributed by atoms with van der Waals surface area (Å²) in [6.45, 7) is 3.69. The van der Waals surface area contributed by atoms with Crippen molar-refractivity contribution in [2.45, 2.75) is 13.8 Å². The maximum absolute atomic E-state index is 11.0. The normalized spacial score (nSPS) is 9.17. The van der Waals surface area contributed by atoms with Crippen LogP contribution in [0.25, 0.3) is 0 Å². The Morgan fingerprint density at radius 3 is 2.92 bits per heavy atom. The van der Waals surface area contributed by atoms with Gasteiger partial charge in [0.2, 0.25) is 5.95 Å². The summed E-state index contributed by atoms with van der Waals surface area (Å²) in [5.41, 5.74) is 0.937. The lowest BCUT2D eigenvalue weighted by molar-refractivity contribution is -0.112. The summed E-state index contributed by atoms with van der Waals surface area (Å²) in [6, 6.07) is 0. The fraction of sp³-hybridized carbons (Fsp3) is 0.286. The molecule has 12 heavy (non-hydrogen) atoms. The van der Waals surface area contributed by atoms with Gasteiger partial charge in [0.25, 0.3) is 5.91 Å². The van der Waals surface area contributed by atoms with Gasteiger partial charge in [-0.2, -0.15) is 10.1 Å². The van der Waals surface area contributed by atoms with E-state index in [1.807, 2.05) is 13.8 Å². The van der Waals surface area contributed by atoms with Crippen LogP contribution in [0.2, 0.25) is 0 Å². The molecule has 0 unspecified atom stereocenters. The number of allylic oxidation sites excluding steroid dienone is 1. The predicted molar refractivity (Wildman–Crippen MR) is 44.4 cm³/mol. The third-order valence-electron chi connectivity index (χ3n) is 1.08. The first-order valence-corrected chi connectivity index (χ1v) is 3.50. The largest absolute Gasteiger partial charge is 0.291 e. The quantitative estimate of drug-likeness (QED) is 0.635. The van der Waals surface area contributed by atoms with Crippen molar-refractivity contribution in [3.8, 4) is 0 Å². The van der Waals surface area contributed by atoms with Crippen molar-refractivity contribution < 1.29 is 4.79 Å². The fourth-order valence-electron chi connectivity index (χ4n) is 0.681. The standard InChI is InChI=1S/C7H10N4O/c1-5(2)3-6(12)10-7-8-4-9-11-7/h3-4H,1-2H3,(H2,8,9,10,11,12). The van der Waals surface area contributed by atoms with Crippen LogP contribution in [-0.2, 0) is 4.79 Å². The number of hydrogen-bond donors (Lipinski definition) is 2. The highest BCUT2D eigenvalue weighted by molar-refractivity contribution is 5.98. The van der Waals surface area contributed by atoms with Crippen molar-refractivity contribution in [2.24, 2.45) is 0 Å². The molecule has 0 bridgehead atoms. The number of carbonyl (C=O) groups is 1. The third-order valence-corrected chi connectivity index (χ3v) is 1.08. The summed E-state index contributed by atoms with van der Waals surface area (Å²) < 4.78 is 0. The Kier molecular flexibility index (Phi) is 2.57. The molecule has 0 radical (unpaired) electrons. The van der Waals surface area contributed by atoms with Crippen LogP contribution < -0.4 is 5.32 Å². The Hall–Kier alpha value is -1.65. The first-order chi connectivity index (χ1) is 5.68. The van der Waals surface area contributed by atoms with Crippen LogP contribution in [0.15, 0.2) is 18.0 Å². The maximum Gasteiger partial charge on any atom is 0.250 e. The van der Waals surface area contributed by atoms with Crippen LogP contribution >= 0.6 is 0 Å². The van der Waals surface area contributed by atoms with E-state index in [0.717, 1.165) is 5.57 Å². The van der Waals surface area contributed by atoms with Gasteiger partial charge >= 0.3 is 0 Å². The zero-order valence-corrected chi connectivity index (χ0v) is 6.96. The van der Waals surface area contributed by atoms with Crippen LogP contribution in [0.5, 0.6) is 0 Å². The number of anilines is 1. The van der Waals surface area contributed by atoms with Crippen molar-refractivity contribution >= 4 is 11.9 Å². The molecular formula is C7H10N4O. The Bertz CT molecular complexity index is 284. The molecule has 0 aliphatic heterocycles. The molecular weight excluding hydrogens is 156 g/mol. The van der Waals surface area contributed by atoms with Gasteiger partial charge in [-0.1, -0.05) is 5.57 Å². The summed E-state index contributed by atoms with van der Waals surface area (Å²) in [5.74, 6) is 0.157. The van der Waals surface area contributed by atoms with Crippen LogP contribution in [0.3, 0.4) is 0 Å². The molecule has 0 aliphatic carbocycles. The van der Waals surface area contributed by atoms with Crippen molar-refractivity contribution in [1.29, 1.82) is 0 Å². The van der Waals surface area contributed by atoms with Gasteiger partial charge in [0.15, 0.2) is 0 Å². The Morgan fingerprint density at radius 2 is 2.42 bits per heavy atom. The minimum absolute atomic E-state index is 0.202. The SMILES string of the molecule is CC(C)=CC(=O)Nc1ncn[nH]1. The second kappa shape index (κ2) is 3.66. The number of carbonyl (C=O) groups excluding carboxylic acids is 1. The lowest BCUT2D eigenvalue weighted by Crippen LogP contribution is -2.09. The average Bonchev–Trinajstić information content (AvgIpc) is 2.37. The monoisotopic (exact) mass is 166 g/mol. The molecule has 0 aliphatic rings. The summed E-state index contributed by atoms with van der Waals surface area (Å²) in [6.07, 6.45) is 2.82. The van der Waals surface area contributed by atoms with Gasteiger partial charge in [-0.3, -0.25) is 10.1 Å². The summed E-state index contributed by atoms with van der Waals surface area (Å²) in [7, 11) is 0. The molecule has 0 spiro atoms. The topological polar surface area (TPSA) is 70.7 Å². The number of H-pyrrole nitrogens is 1. The van der Waals surface area contributed by atoms with E-state index in [-0.39, 0.29) is 5.91 Å². The lowest BCUT2D eigenvalue weighted by Gasteiger charge is -1.95. The van der Waals surface area contributed by atoms with E-state index in [2.05, 4.69) is 20.5 Å². The molecule has 64 valence electrons.